The Morgan fingerprint density at radius 3 is 3.05 bits per heavy atom. The predicted octanol–water partition coefficient (Wildman–Crippen LogP) is 0.835. The average molecular weight is 292 g/mol. The summed E-state index contributed by atoms with van der Waals surface area (Å²) in [6.45, 7) is 2.43. The number of rotatable bonds is 4. The molecular formula is C15H20N2O4. The van der Waals surface area contributed by atoms with Crippen molar-refractivity contribution < 1.29 is 19.0 Å². The first-order chi connectivity index (χ1) is 10.3. The van der Waals surface area contributed by atoms with Crippen LogP contribution < -0.4 is 24.8 Å². The van der Waals surface area contributed by atoms with Crippen molar-refractivity contribution >= 4 is 5.91 Å². The molecule has 0 aliphatic carbocycles. The Hall–Kier alpha value is -1.95. The summed E-state index contributed by atoms with van der Waals surface area (Å²) in [5, 5.41) is 6.15. The highest BCUT2D eigenvalue weighted by atomic mass is 16.6. The van der Waals surface area contributed by atoms with Crippen LogP contribution in [0.1, 0.15) is 18.4 Å². The van der Waals surface area contributed by atoms with E-state index in [-0.39, 0.29) is 11.9 Å². The number of hydrogen-bond donors (Lipinski definition) is 2. The van der Waals surface area contributed by atoms with Crippen LogP contribution in [0.2, 0.25) is 0 Å². The first-order valence-electron chi connectivity index (χ1n) is 7.25. The van der Waals surface area contributed by atoms with Gasteiger partial charge in [0.25, 0.3) is 0 Å². The second-order valence-corrected chi connectivity index (χ2v) is 5.19. The quantitative estimate of drug-likeness (QED) is 0.860. The fourth-order valence-electron chi connectivity index (χ4n) is 2.64. The number of fused-ring (bicyclic) bond motifs is 1. The van der Waals surface area contributed by atoms with Crippen LogP contribution in [0.25, 0.3) is 0 Å². The van der Waals surface area contributed by atoms with Crippen molar-refractivity contribution in [1.82, 2.24) is 10.6 Å². The second kappa shape index (κ2) is 6.22. The van der Waals surface area contributed by atoms with E-state index in [0.29, 0.717) is 37.0 Å². The van der Waals surface area contributed by atoms with Gasteiger partial charge in [-0.25, -0.2) is 0 Å². The highest BCUT2D eigenvalue weighted by Crippen LogP contribution is 2.40. The Morgan fingerprint density at radius 2 is 2.24 bits per heavy atom. The van der Waals surface area contributed by atoms with Gasteiger partial charge >= 0.3 is 0 Å². The van der Waals surface area contributed by atoms with Crippen LogP contribution in [0.4, 0.5) is 0 Å². The molecule has 21 heavy (non-hydrogen) atoms. The number of benzene rings is 1. The number of carbonyl (C=O) groups is 1. The van der Waals surface area contributed by atoms with Crippen molar-refractivity contribution in [2.45, 2.75) is 25.4 Å². The Labute approximate surface area is 123 Å². The third-order valence-corrected chi connectivity index (χ3v) is 3.73. The minimum absolute atomic E-state index is 0.0748. The van der Waals surface area contributed by atoms with Crippen LogP contribution in [0.15, 0.2) is 12.1 Å². The zero-order valence-corrected chi connectivity index (χ0v) is 12.1. The van der Waals surface area contributed by atoms with Gasteiger partial charge in [0, 0.05) is 13.1 Å². The van der Waals surface area contributed by atoms with Crippen molar-refractivity contribution in [2.75, 3.05) is 26.9 Å². The van der Waals surface area contributed by atoms with Gasteiger partial charge in [-0.15, -0.1) is 0 Å². The lowest BCUT2D eigenvalue weighted by molar-refractivity contribution is -0.124. The van der Waals surface area contributed by atoms with E-state index in [4.69, 9.17) is 14.2 Å². The van der Waals surface area contributed by atoms with Crippen LogP contribution in [0, 0.1) is 0 Å². The van der Waals surface area contributed by atoms with E-state index >= 15 is 0 Å². The summed E-state index contributed by atoms with van der Waals surface area (Å²) in [5.41, 5.74) is 1.01. The van der Waals surface area contributed by atoms with Crippen LogP contribution in [-0.4, -0.2) is 38.8 Å². The first-order valence-corrected chi connectivity index (χ1v) is 7.25. The lowest BCUT2D eigenvalue weighted by Crippen LogP contribution is -2.47. The van der Waals surface area contributed by atoms with Crippen molar-refractivity contribution in [2.24, 2.45) is 0 Å². The Bertz CT molecular complexity index is 515. The molecule has 2 aliphatic rings. The zero-order chi connectivity index (χ0) is 14.7. The minimum Gasteiger partial charge on any atom is -0.493 e. The van der Waals surface area contributed by atoms with Gasteiger partial charge in [-0.05, 0) is 30.5 Å². The van der Waals surface area contributed by atoms with Crippen LogP contribution >= 0.6 is 0 Å². The second-order valence-electron chi connectivity index (χ2n) is 5.19. The third-order valence-electron chi connectivity index (χ3n) is 3.73. The summed E-state index contributed by atoms with van der Waals surface area (Å²) in [6, 6.07) is 3.73. The summed E-state index contributed by atoms with van der Waals surface area (Å²) in [4.78, 5) is 11.7. The van der Waals surface area contributed by atoms with E-state index in [1.54, 1.807) is 7.11 Å². The highest BCUT2D eigenvalue weighted by Gasteiger charge is 2.22. The van der Waals surface area contributed by atoms with Gasteiger partial charge < -0.3 is 24.8 Å². The molecular weight excluding hydrogens is 272 g/mol. The van der Waals surface area contributed by atoms with E-state index in [9.17, 15) is 4.79 Å². The molecule has 1 saturated heterocycles. The molecule has 0 saturated carbocycles. The molecule has 6 nitrogen and oxygen atoms in total. The molecule has 1 aromatic rings. The molecule has 0 bridgehead atoms. The normalized spacial score (nSPS) is 20.8. The van der Waals surface area contributed by atoms with Crippen LogP contribution in [-0.2, 0) is 11.3 Å². The van der Waals surface area contributed by atoms with Crippen molar-refractivity contribution in [3.63, 3.8) is 0 Å². The van der Waals surface area contributed by atoms with Gasteiger partial charge in [0.1, 0.15) is 13.2 Å². The van der Waals surface area contributed by atoms with Crippen LogP contribution in [0.5, 0.6) is 17.2 Å². The van der Waals surface area contributed by atoms with E-state index in [1.807, 2.05) is 12.1 Å². The van der Waals surface area contributed by atoms with Crippen molar-refractivity contribution in [3.8, 4) is 17.2 Å². The molecule has 1 aromatic carbocycles. The van der Waals surface area contributed by atoms with Crippen molar-refractivity contribution in [1.29, 1.82) is 0 Å². The molecule has 1 unspecified atom stereocenters. The van der Waals surface area contributed by atoms with E-state index < -0.39 is 0 Å². The van der Waals surface area contributed by atoms with Gasteiger partial charge in [-0.1, -0.05) is 0 Å². The summed E-state index contributed by atoms with van der Waals surface area (Å²) < 4.78 is 16.5. The Morgan fingerprint density at radius 1 is 1.38 bits per heavy atom. The fourth-order valence-corrected chi connectivity index (χ4v) is 2.64. The molecule has 1 fully saturated rings. The maximum atomic E-state index is 11.7. The molecule has 1 atom stereocenters. The minimum atomic E-state index is -0.127. The molecule has 0 aromatic heterocycles. The summed E-state index contributed by atoms with van der Waals surface area (Å²) in [6.07, 6.45) is 1.88. The van der Waals surface area contributed by atoms with Crippen molar-refractivity contribution in [3.05, 3.63) is 17.7 Å². The maximum Gasteiger partial charge on any atom is 0.237 e. The number of nitrogens with one attached hydrogen (secondary N) is 2. The lowest BCUT2D eigenvalue weighted by Gasteiger charge is -2.24. The van der Waals surface area contributed by atoms with E-state index in [2.05, 4.69) is 10.6 Å². The Kier molecular flexibility index (Phi) is 4.15. The fraction of sp³-hybridized carbons (Fsp3) is 0.533. The molecule has 2 N–H and O–H groups in total. The number of hydrogen-bond acceptors (Lipinski definition) is 5. The molecule has 2 aliphatic heterocycles. The number of carbonyl (C=O) groups excluding carboxylic acids is 1. The highest BCUT2D eigenvalue weighted by molar-refractivity contribution is 5.82. The number of ether oxygens (including phenoxy) is 3. The summed E-state index contributed by atoms with van der Waals surface area (Å²) in [7, 11) is 1.61. The summed E-state index contributed by atoms with van der Waals surface area (Å²) in [5.74, 6) is 2.09. The van der Waals surface area contributed by atoms with Gasteiger partial charge in [-0.2, -0.15) is 0 Å². The Balaban J connectivity index is 1.71. The topological polar surface area (TPSA) is 68.8 Å². The molecule has 114 valence electrons. The SMILES string of the molecule is COc1cc(CNC2CCCNC2=O)cc2c1OCCO2. The molecule has 0 radical (unpaired) electrons. The molecule has 3 rings (SSSR count). The maximum absolute atomic E-state index is 11.7. The van der Waals surface area contributed by atoms with Gasteiger partial charge in [0.2, 0.25) is 11.7 Å². The zero-order valence-electron chi connectivity index (χ0n) is 12.1. The molecule has 0 spiro atoms. The van der Waals surface area contributed by atoms with Gasteiger partial charge in [-0.3, -0.25) is 4.79 Å². The predicted molar refractivity (Wildman–Crippen MR) is 76.9 cm³/mol. The van der Waals surface area contributed by atoms with Crippen LogP contribution in [0.3, 0.4) is 0 Å². The monoisotopic (exact) mass is 292 g/mol. The largest absolute Gasteiger partial charge is 0.493 e. The molecule has 1 amide bonds. The number of piperidine rings is 1. The standard InChI is InChI=1S/C15H20N2O4/c1-19-12-7-10(8-13-14(12)21-6-5-20-13)9-17-11-3-2-4-16-15(11)18/h7-8,11,17H,2-6,9H2,1H3,(H,16,18). The average Bonchev–Trinajstić information content (AvgIpc) is 2.53. The smallest absolute Gasteiger partial charge is 0.237 e. The molecule has 2 heterocycles. The first kappa shape index (κ1) is 14.0. The van der Waals surface area contributed by atoms with Gasteiger partial charge in [0.15, 0.2) is 11.5 Å². The third kappa shape index (κ3) is 3.05. The summed E-state index contributed by atoms with van der Waals surface area (Å²) >= 11 is 0. The lowest BCUT2D eigenvalue weighted by atomic mass is 10.1. The number of methoxy groups -OCH3 is 1. The number of amides is 1. The molecule has 6 heteroatoms. The van der Waals surface area contributed by atoms with Gasteiger partial charge in [0.05, 0.1) is 13.2 Å². The van der Waals surface area contributed by atoms with E-state index in [1.165, 1.54) is 0 Å². The van der Waals surface area contributed by atoms with E-state index in [0.717, 1.165) is 24.9 Å².